The highest BCUT2D eigenvalue weighted by Crippen LogP contribution is 2.37. The van der Waals surface area contributed by atoms with Crippen molar-refractivity contribution in [1.29, 1.82) is 0 Å². The Bertz CT molecular complexity index is 768. The Hall–Kier alpha value is -2.29. The summed E-state index contributed by atoms with van der Waals surface area (Å²) >= 11 is 0. The molecular weight excluding hydrogens is 296 g/mol. The van der Waals surface area contributed by atoms with Crippen LogP contribution in [0.25, 0.3) is 5.57 Å². The smallest absolute Gasteiger partial charge is 0.256 e. The lowest BCUT2D eigenvalue weighted by atomic mass is 9.90. The quantitative estimate of drug-likeness (QED) is 0.602. The second-order valence-electron chi connectivity index (χ2n) is 6.75. The molecule has 0 spiro atoms. The lowest BCUT2D eigenvalue weighted by molar-refractivity contribution is -0.110. The van der Waals surface area contributed by atoms with E-state index >= 15 is 0 Å². The first-order valence-electron chi connectivity index (χ1n) is 8.88. The van der Waals surface area contributed by atoms with Crippen molar-refractivity contribution in [3.05, 3.63) is 52.6 Å². The monoisotopic (exact) mass is 322 g/mol. The number of anilines is 2. The lowest BCUT2D eigenvalue weighted by Gasteiger charge is -2.14. The summed E-state index contributed by atoms with van der Waals surface area (Å²) in [6.45, 7) is 6.68. The van der Waals surface area contributed by atoms with Crippen molar-refractivity contribution in [2.45, 2.75) is 46.5 Å². The van der Waals surface area contributed by atoms with Crippen molar-refractivity contribution in [2.24, 2.45) is 5.92 Å². The van der Waals surface area contributed by atoms with Gasteiger partial charge in [0.25, 0.3) is 5.91 Å². The van der Waals surface area contributed by atoms with E-state index in [1.54, 1.807) is 0 Å². The van der Waals surface area contributed by atoms with Gasteiger partial charge in [-0.05, 0) is 67.0 Å². The number of nitrogen functional groups attached to an aromatic ring is 1. The predicted octanol–water partition coefficient (Wildman–Crippen LogP) is 5.08. The van der Waals surface area contributed by atoms with Gasteiger partial charge in [-0.1, -0.05) is 32.4 Å². The van der Waals surface area contributed by atoms with Gasteiger partial charge in [0.2, 0.25) is 0 Å². The van der Waals surface area contributed by atoms with Crippen LogP contribution in [-0.2, 0) is 4.79 Å². The van der Waals surface area contributed by atoms with Crippen LogP contribution in [0.2, 0.25) is 0 Å². The van der Waals surface area contributed by atoms with E-state index in [2.05, 4.69) is 38.2 Å². The van der Waals surface area contributed by atoms with Gasteiger partial charge in [0.15, 0.2) is 0 Å². The molecule has 1 atom stereocenters. The van der Waals surface area contributed by atoms with Crippen LogP contribution in [0.3, 0.4) is 0 Å². The highest BCUT2D eigenvalue weighted by atomic mass is 16.2. The van der Waals surface area contributed by atoms with Crippen molar-refractivity contribution < 1.29 is 4.79 Å². The number of carbonyl (C=O) groups is 1. The number of nitrogens with one attached hydrogen (secondary N) is 1. The number of rotatable bonds is 3. The molecule has 3 N–H and O–H groups in total. The number of nitrogens with two attached hydrogens (primary N) is 1. The highest BCUT2D eigenvalue weighted by molar-refractivity contribution is 6.32. The van der Waals surface area contributed by atoms with Crippen LogP contribution in [-0.4, -0.2) is 5.91 Å². The number of hydrogen-bond donors (Lipinski definition) is 2. The summed E-state index contributed by atoms with van der Waals surface area (Å²) in [6.07, 6.45) is 8.80. The molecule has 0 aromatic heterocycles. The molecule has 0 bridgehead atoms. The first-order chi connectivity index (χ1) is 11.5. The molecule has 1 aromatic rings. The minimum absolute atomic E-state index is 0.0327. The molecule has 2 aliphatic rings. The third-order valence-corrected chi connectivity index (χ3v) is 5.14. The summed E-state index contributed by atoms with van der Waals surface area (Å²) in [7, 11) is 0. The second kappa shape index (κ2) is 6.68. The van der Waals surface area contributed by atoms with Gasteiger partial charge in [-0.3, -0.25) is 4.79 Å². The van der Waals surface area contributed by atoms with Gasteiger partial charge >= 0.3 is 0 Å². The van der Waals surface area contributed by atoms with Gasteiger partial charge in [-0.2, -0.15) is 0 Å². The molecule has 1 aliphatic heterocycles. The SMILES string of the molecule is CCC1=CC(CC)=C(/C=C2\C(=O)Nc3ccc(N)cc32)[C@@H](C)CC1. The third kappa shape index (κ3) is 3.03. The molecule has 0 unspecified atom stereocenters. The van der Waals surface area contributed by atoms with Crippen molar-refractivity contribution in [1.82, 2.24) is 0 Å². The Morgan fingerprint density at radius 1 is 1.29 bits per heavy atom. The minimum Gasteiger partial charge on any atom is -0.399 e. The number of benzene rings is 1. The molecule has 0 radical (unpaired) electrons. The molecular formula is C21H26N2O. The topological polar surface area (TPSA) is 55.1 Å². The molecule has 0 saturated carbocycles. The molecule has 0 fully saturated rings. The van der Waals surface area contributed by atoms with Gasteiger partial charge in [-0.25, -0.2) is 0 Å². The van der Waals surface area contributed by atoms with Crippen LogP contribution >= 0.6 is 0 Å². The predicted molar refractivity (Wildman–Crippen MR) is 102 cm³/mol. The molecule has 3 heteroatoms. The lowest BCUT2D eigenvalue weighted by Crippen LogP contribution is -2.06. The zero-order chi connectivity index (χ0) is 17.3. The Kier molecular flexibility index (Phi) is 4.61. The fourth-order valence-corrected chi connectivity index (χ4v) is 3.60. The van der Waals surface area contributed by atoms with Gasteiger partial charge in [-0.15, -0.1) is 0 Å². The van der Waals surface area contributed by atoms with E-state index < -0.39 is 0 Å². The molecule has 24 heavy (non-hydrogen) atoms. The Morgan fingerprint density at radius 3 is 2.79 bits per heavy atom. The van der Waals surface area contributed by atoms with E-state index in [0.29, 0.717) is 11.6 Å². The molecule has 0 saturated heterocycles. The molecule has 1 amide bonds. The van der Waals surface area contributed by atoms with Crippen molar-refractivity contribution in [3.8, 4) is 0 Å². The van der Waals surface area contributed by atoms with Crippen LogP contribution in [0.4, 0.5) is 11.4 Å². The third-order valence-electron chi connectivity index (χ3n) is 5.14. The van der Waals surface area contributed by atoms with E-state index in [9.17, 15) is 4.79 Å². The van der Waals surface area contributed by atoms with Crippen molar-refractivity contribution in [2.75, 3.05) is 11.1 Å². The average Bonchev–Trinajstić information content (AvgIpc) is 2.78. The van der Waals surface area contributed by atoms with Crippen LogP contribution in [0.5, 0.6) is 0 Å². The number of fused-ring (bicyclic) bond motifs is 1. The fraction of sp³-hybridized carbons (Fsp3) is 0.381. The zero-order valence-corrected chi connectivity index (χ0v) is 14.8. The summed E-state index contributed by atoms with van der Waals surface area (Å²) in [5.74, 6) is 0.417. The highest BCUT2D eigenvalue weighted by Gasteiger charge is 2.26. The normalized spacial score (nSPS) is 22.3. The van der Waals surface area contributed by atoms with Gasteiger partial charge < -0.3 is 11.1 Å². The van der Waals surface area contributed by atoms with E-state index in [1.165, 1.54) is 16.7 Å². The molecule has 3 rings (SSSR count). The van der Waals surface area contributed by atoms with Crippen molar-refractivity contribution in [3.63, 3.8) is 0 Å². The van der Waals surface area contributed by atoms with E-state index in [1.807, 2.05) is 18.2 Å². The van der Waals surface area contributed by atoms with E-state index in [4.69, 9.17) is 5.73 Å². The maximum absolute atomic E-state index is 12.5. The molecule has 1 aliphatic carbocycles. The number of carbonyl (C=O) groups excluding carboxylic acids is 1. The van der Waals surface area contributed by atoms with Crippen LogP contribution in [0, 0.1) is 5.92 Å². The summed E-state index contributed by atoms with van der Waals surface area (Å²) < 4.78 is 0. The summed E-state index contributed by atoms with van der Waals surface area (Å²) in [6, 6.07) is 5.59. The standard InChI is InChI=1S/C21H26N2O/c1-4-14-7-6-13(3)17(15(5-2)10-14)12-19-18-11-16(22)8-9-20(18)23-21(19)24/h8-13H,4-7,22H2,1-3H3,(H,23,24)/b19-12-/t13-/m0/s1. The molecule has 1 aromatic carbocycles. The number of hydrogen-bond acceptors (Lipinski definition) is 2. The Balaban J connectivity index is 2.12. The summed E-state index contributed by atoms with van der Waals surface area (Å²) in [5, 5.41) is 2.95. The number of amides is 1. The van der Waals surface area contributed by atoms with E-state index in [0.717, 1.165) is 42.5 Å². The fourth-order valence-electron chi connectivity index (χ4n) is 3.60. The Morgan fingerprint density at radius 2 is 2.08 bits per heavy atom. The Labute approximate surface area is 144 Å². The maximum Gasteiger partial charge on any atom is 0.256 e. The second-order valence-corrected chi connectivity index (χ2v) is 6.75. The number of allylic oxidation sites excluding steroid dienone is 5. The van der Waals surface area contributed by atoms with Crippen LogP contribution < -0.4 is 11.1 Å². The molecule has 1 heterocycles. The van der Waals surface area contributed by atoms with Crippen molar-refractivity contribution >= 4 is 22.9 Å². The summed E-state index contributed by atoms with van der Waals surface area (Å²) in [5.41, 5.74) is 13.3. The van der Waals surface area contributed by atoms with Crippen LogP contribution in [0.1, 0.15) is 52.0 Å². The maximum atomic E-state index is 12.5. The average molecular weight is 322 g/mol. The zero-order valence-electron chi connectivity index (χ0n) is 14.8. The van der Waals surface area contributed by atoms with E-state index in [-0.39, 0.29) is 5.91 Å². The first kappa shape index (κ1) is 16.6. The molecule has 3 nitrogen and oxygen atoms in total. The van der Waals surface area contributed by atoms with Gasteiger partial charge in [0, 0.05) is 22.5 Å². The van der Waals surface area contributed by atoms with Crippen LogP contribution in [0.15, 0.2) is 47.1 Å². The van der Waals surface area contributed by atoms with Gasteiger partial charge in [0.1, 0.15) is 0 Å². The first-order valence-corrected chi connectivity index (χ1v) is 8.88. The summed E-state index contributed by atoms with van der Waals surface area (Å²) in [4.78, 5) is 12.5. The molecule has 126 valence electrons. The minimum atomic E-state index is -0.0327. The van der Waals surface area contributed by atoms with Gasteiger partial charge in [0.05, 0.1) is 0 Å². The largest absolute Gasteiger partial charge is 0.399 e.